The van der Waals surface area contributed by atoms with E-state index >= 15 is 0 Å². The molecule has 0 atom stereocenters. The Hall–Kier alpha value is -2.17. The molecule has 2 aromatic rings. The topological polar surface area (TPSA) is 106 Å². The van der Waals surface area contributed by atoms with Gasteiger partial charge in [0.05, 0.1) is 56.8 Å². The second-order valence-electron chi connectivity index (χ2n) is 6.31. The SMILES string of the molecule is Cc1ccc(S(=O)(=O)OCCOCCOCCOCCOc2ccccc2N)cc1. The van der Waals surface area contributed by atoms with E-state index in [-0.39, 0.29) is 18.1 Å². The van der Waals surface area contributed by atoms with Gasteiger partial charge in [-0.3, -0.25) is 4.18 Å². The first-order valence-electron chi connectivity index (χ1n) is 9.66. The molecule has 0 aliphatic rings. The molecular weight excluding hydrogens is 410 g/mol. The van der Waals surface area contributed by atoms with Gasteiger partial charge in [-0.1, -0.05) is 29.8 Å². The summed E-state index contributed by atoms with van der Waals surface area (Å²) in [5.41, 5.74) is 7.35. The molecule has 0 unspecified atom stereocenters. The minimum Gasteiger partial charge on any atom is -0.489 e. The first-order valence-corrected chi connectivity index (χ1v) is 11.1. The van der Waals surface area contributed by atoms with E-state index in [1.54, 1.807) is 24.3 Å². The van der Waals surface area contributed by atoms with Crippen LogP contribution >= 0.6 is 0 Å². The molecule has 0 spiro atoms. The van der Waals surface area contributed by atoms with Gasteiger partial charge in [-0.25, -0.2) is 0 Å². The molecule has 166 valence electrons. The molecule has 0 aliphatic carbocycles. The average molecular weight is 440 g/mol. The van der Waals surface area contributed by atoms with E-state index < -0.39 is 10.1 Å². The summed E-state index contributed by atoms with van der Waals surface area (Å²) < 4.78 is 50.5. The highest BCUT2D eigenvalue weighted by Gasteiger charge is 2.14. The molecule has 0 saturated carbocycles. The lowest BCUT2D eigenvalue weighted by Gasteiger charge is -2.09. The number of rotatable bonds is 15. The van der Waals surface area contributed by atoms with Crippen molar-refractivity contribution in [3.63, 3.8) is 0 Å². The zero-order chi connectivity index (χ0) is 21.7. The molecule has 30 heavy (non-hydrogen) atoms. The Morgan fingerprint density at radius 3 is 1.87 bits per heavy atom. The van der Waals surface area contributed by atoms with Gasteiger partial charge < -0.3 is 24.7 Å². The van der Waals surface area contributed by atoms with Crippen molar-refractivity contribution in [2.24, 2.45) is 0 Å². The third-order valence-corrected chi connectivity index (χ3v) is 5.25. The third-order valence-electron chi connectivity index (χ3n) is 3.92. The van der Waals surface area contributed by atoms with Gasteiger partial charge in [-0.2, -0.15) is 8.42 Å². The maximum atomic E-state index is 12.0. The summed E-state index contributed by atoms with van der Waals surface area (Å²) in [7, 11) is -3.75. The lowest BCUT2D eigenvalue weighted by atomic mass is 10.2. The molecule has 8 nitrogen and oxygen atoms in total. The van der Waals surface area contributed by atoms with Crippen molar-refractivity contribution < 1.29 is 31.5 Å². The first-order chi connectivity index (χ1) is 14.5. The van der Waals surface area contributed by atoms with Gasteiger partial charge in [0.15, 0.2) is 0 Å². The lowest BCUT2D eigenvalue weighted by molar-refractivity contribution is 0.00531. The number of nitrogens with two attached hydrogens (primary N) is 1. The number of para-hydroxylation sites is 2. The summed E-state index contributed by atoms with van der Waals surface area (Å²) in [6.45, 7) is 4.41. The number of aryl methyl sites for hydroxylation is 1. The van der Waals surface area contributed by atoms with E-state index in [4.69, 9.17) is 28.9 Å². The minimum absolute atomic E-state index is 0.0503. The van der Waals surface area contributed by atoms with Crippen LogP contribution in [0.1, 0.15) is 5.56 Å². The van der Waals surface area contributed by atoms with Crippen molar-refractivity contribution in [1.29, 1.82) is 0 Å². The number of hydrogen-bond donors (Lipinski definition) is 1. The highest BCUT2D eigenvalue weighted by Crippen LogP contribution is 2.19. The Kier molecular flexibility index (Phi) is 10.6. The zero-order valence-corrected chi connectivity index (χ0v) is 17.9. The monoisotopic (exact) mass is 439 g/mol. The highest BCUT2D eigenvalue weighted by molar-refractivity contribution is 7.86. The number of anilines is 1. The van der Waals surface area contributed by atoms with Crippen LogP contribution in [0.3, 0.4) is 0 Å². The van der Waals surface area contributed by atoms with Crippen LogP contribution in [0.5, 0.6) is 5.75 Å². The molecule has 0 bridgehead atoms. The molecular formula is C21H29NO7S. The second kappa shape index (κ2) is 13.2. The van der Waals surface area contributed by atoms with E-state index in [9.17, 15) is 8.42 Å². The molecule has 0 aromatic heterocycles. The van der Waals surface area contributed by atoms with Crippen LogP contribution < -0.4 is 10.5 Å². The van der Waals surface area contributed by atoms with Gasteiger partial charge in [0.25, 0.3) is 10.1 Å². The van der Waals surface area contributed by atoms with E-state index in [0.717, 1.165) is 5.56 Å². The maximum absolute atomic E-state index is 12.0. The molecule has 0 radical (unpaired) electrons. The maximum Gasteiger partial charge on any atom is 0.297 e. The molecule has 2 aromatic carbocycles. The van der Waals surface area contributed by atoms with Crippen molar-refractivity contribution in [2.45, 2.75) is 11.8 Å². The van der Waals surface area contributed by atoms with Gasteiger partial charge in [0.2, 0.25) is 0 Å². The summed E-state index contributed by atoms with van der Waals surface area (Å²) in [5, 5.41) is 0. The third kappa shape index (κ3) is 9.10. The molecule has 0 fully saturated rings. The summed E-state index contributed by atoms with van der Waals surface area (Å²) in [5.74, 6) is 0.644. The van der Waals surface area contributed by atoms with E-state index in [1.807, 2.05) is 19.1 Å². The van der Waals surface area contributed by atoms with Gasteiger partial charge in [0.1, 0.15) is 12.4 Å². The fourth-order valence-corrected chi connectivity index (χ4v) is 3.23. The fourth-order valence-electron chi connectivity index (χ4n) is 2.34. The first kappa shape index (κ1) is 24.1. The standard InChI is InChI=1S/C21H29NO7S/c1-18-6-8-19(9-7-18)30(23,24)29-17-15-27-13-11-25-10-12-26-14-16-28-21-5-3-2-4-20(21)22/h2-9H,10-17,22H2,1H3. The number of ether oxygens (including phenoxy) is 4. The Morgan fingerprint density at radius 1 is 0.733 bits per heavy atom. The fraction of sp³-hybridized carbons (Fsp3) is 0.429. The predicted octanol–water partition coefficient (Wildman–Crippen LogP) is 2.41. The van der Waals surface area contributed by atoms with Crippen LogP contribution in [0, 0.1) is 6.92 Å². The van der Waals surface area contributed by atoms with Gasteiger partial charge in [-0.15, -0.1) is 0 Å². The molecule has 2 rings (SSSR count). The number of nitrogen functional groups attached to an aromatic ring is 1. The normalized spacial score (nSPS) is 11.5. The highest BCUT2D eigenvalue weighted by atomic mass is 32.2. The smallest absolute Gasteiger partial charge is 0.297 e. The summed E-state index contributed by atoms with van der Waals surface area (Å²) in [6, 6.07) is 13.8. The van der Waals surface area contributed by atoms with Crippen molar-refractivity contribution in [3.8, 4) is 5.75 Å². The lowest BCUT2D eigenvalue weighted by Crippen LogP contribution is -2.15. The number of benzene rings is 2. The quantitative estimate of drug-likeness (QED) is 0.256. The van der Waals surface area contributed by atoms with Crippen LogP contribution in [0.25, 0.3) is 0 Å². The van der Waals surface area contributed by atoms with E-state index in [1.165, 1.54) is 12.1 Å². The van der Waals surface area contributed by atoms with E-state index in [2.05, 4.69) is 0 Å². The van der Waals surface area contributed by atoms with E-state index in [0.29, 0.717) is 51.1 Å². The van der Waals surface area contributed by atoms with Crippen LogP contribution in [-0.2, 0) is 28.5 Å². The van der Waals surface area contributed by atoms with Gasteiger partial charge >= 0.3 is 0 Å². The van der Waals surface area contributed by atoms with Crippen LogP contribution in [0.15, 0.2) is 53.4 Å². The van der Waals surface area contributed by atoms with Gasteiger partial charge in [-0.05, 0) is 31.2 Å². The summed E-state index contributed by atoms with van der Waals surface area (Å²) >= 11 is 0. The Balaban J connectivity index is 1.40. The number of hydrogen-bond acceptors (Lipinski definition) is 8. The van der Waals surface area contributed by atoms with Crippen molar-refractivity contribution in [1.82, 2.24) is 0 Å². The minimum atomic E-state index is -3.75. The Morgan fingerprint density at radius 2 is 1.27 bits per heavy atom. The van der Waals surface area contributed by atoms with Crippen molar-refractivity contribution in [3.05, 3.63) is 54.1 Å². The van der Waals surface area contributed by atoms with Gasteiger partial charge in [0, 0.05) is 0 Å². The van der Waals surface area contributed by atoms with Crippen LogP contribution in [-0.4, -0.2) is 61.3 Å². The molecule has 0 saturated heterocycles. The van der Waals surface area contributed by atoms with Crippen molar-refractivity contribution in [2.75, 3.05) is 58.6 Å². The Bertz CT molecular complexity index is 841. The zero-order valence-electron chi connectivity index (χ0n) is 17.1. The molecule has 9 heteroatoms. The van der Waals surface area contributed by atoms with Crippen molar-refractivity contribution >= 4 is 15.8 Å². The average Bonchev–Trinajstić information content (AvgIpc) is 2.73. The Labute approximate surface area is 178 Å². The molecule has 2 N–H and O–H groups in total. The molecule has 0 aliphatic heterocycles. The second-order valence-corrected chi connectivity index (χ2v) is 7.93. The van der Waals surface area contributed by atoms with Crippen LogP contribution in [0.2, 0.25) is 0 Å². The largest absolute Gasteiger partial charge is 0.489 e. The van der Waals surface area contributed by atoms with Crippen LogP contribution in [0.4, 0.5) is 5.69 Å². The summed E-state index contributed by atoms with van der Waals surface area (Å²) in [4.78, 5) is 0.133. The summed E-state index contributed by atoms with van der Waals surface area (Å²) in [6.07, 6.45) is 0. The molecule has 0 heterocycles. The predicted molar refractivity (Wildman–Crippen MR) is 113 cm³/mol. The molecule has 0 amide bonds.